The summed E-state index contributed by atoms with van der Waals surface area (Å²) in [6.45, 7) is 0. The van der Waals surface area contributed by atoms with Crippen molar-refractivity contribution in [3.8, 4) is 0 Å². The van der Waals surface area contributed by atoms with E-state index < -0.39 is 5.97 Å². The molecule has 84 valence electrons. The fourth-order valence-electron chi connectivity index (χ4n) is 1.12. The zero-order valence-corrected chi connectivity index (χ0v) is 9.42. The van der Waals surface area contributed by atoms with E-state index in [1.54, 1.807) is 11.8 Å². The van der Waals surface area contributed by atoms with Gasteiger partial charge in [0.15, 0.2) is 0 Å². The van der Waals surface area contributed by atoms with Gasteiger partial charge in [-0.15, -0.1) is 10.2 Å². The smallest absolute Gasteiger partial charge is 0.303 e. The van der Waals surface area contributed by atoms with Gasteiger partial charge in [-0.2, -0.15) is 11.8 Å². The van der Waals surface area contributed by atoms with Crippen LogP contribution in [0.15, 0.2) is 4.42 Å². The number of carbonyl (C=O) groups is 1. The Morgan fingerprint density at radius 3 is 2.80 bits per heavy atom. The molecule has 0 aliphatic heterocycles. The molecule has 15 heavy (non-hydrogen) atoms. The summed E-state index contributed by atoms with van der Waals surface area (Å²) in [7, 11) is 0. The van der Waals surface area contributed by atoms with Crippen molar-refractivity contribution in [2.45, 2.75) is 31.4 Å². The van der Waals surface area contributed by atoms with Gasteiger partial charge in [0.1, 0.15) is 0 Å². The monoisotopic (exact) mass is 230 g/mol. The third kappa shape index (κ3) is 4.83. The van der Waals surface area contributed by atoms with E-state index in [2.05, 4.69) is 10.2 Å². The molecule has 0 aromatic carbocycles. The van der Waals surface area contributed by atoms with Crippen LogP contribution in [-0.4, -0.2) is 27.5 Å². The Balaban J connectivity index is 2.22. The Bertz CT molecular complexity index is 314. The van der Waals surface area contributed by atoms with Crippen LogP contribution >= 0.6 is 11.8 Å². The van der Waals surface area contributed by atoms with E-state index in [-0.39, 0.29) is 6.42 Å². The highest BCUT2D eigenvalue weighted by Gasteiger charge is 2.05. The first kappa shape index (κ1) is 12.0. The molecule has 1 rings (SSSR count). The van der Waals surface area contributed by atoms with Gasteiger partial charge in [0.2, 0.25) is 11.8 Å². The van der Waals surface area contributed by atoms with Crippen LogP contribution < -0.4 is 0 Å². The van der Waals surface area contributed by atoms with Crippen LogP contribution in [0.3, 0.4) is 0 Å². The van der Waals surface area contributed by atoms with Gasteiger partial charge in [0.05, 0.1) is 5.75 Å². The summed E-state index contributed by atoms with van der Waals surface area (Å²) in [5.74, 6) is 1.20. The molecule has 0 atom stereocenters. The normalized spacial score (nSPS) is 10.5. The summed E-state index contributed by atoms with van der Waals surface area (Å²) in [6.07, 6.45) is 4.25. The summed E-state index contributed by atoms with van der Waals surface area (Å²) < 4.78 is 5.34. The lowest BCUT2D eigenvalue weighted by atomic mass is 10.2. The molecule has 0 aliphatic carbocycles. The second-order valence-electron chi connectivity index (χ2n) is 3.12. The van der Waals surface area contributed by atoms with E-state index in [4.69, 9.17) is 9.52 Å². The van der Waals surface area contributed by atoms with E-state index in [1.807, 2.05) is 6.26 Å². The van der Waals surface area contributed by atoms with Crippen LogP contribution in [0.5, 0.6) is 0 Å². The van der Waals surface area contributed by atoms with Gasteiger partial charge in [-0.05, 0) is 19.1 Å². The minimum Gasteiger partial charge on any atom is -0.481 e. The molecule has 0 unspecified atom stereocenters. The molecule has 1 aromatic heterocycles. The zero-order chi connectivity index (χ0) is 11.1. The van der Waals surface area contributed by atoms with Crippen LogP contribution in [0.1, 0.15) is 31.0 Å². The number of aromatic nitrogens is 2. The third-order valence-corrected chi connectivity index (χ3v) is 2.34. The maximum atomic E-state index is 10.2. The Labute approximate surface area is 92.3 Å². The number of aryl methyl sites for hydroxylation is 1. The lowest BCUT2D eigenvalue weighted by Crippen LogP contribution is -1.95. The maximum absolute atomic E-state index is 10.2. The molecule has 5 nitrogen and oxygen atoms in total. The summed E-state index contributed by atoms with van der Waals surface area (Å²) in [4.78, 5) is 10.2. The first-order valence-electron chi connectivity index (χ1n) is 4.74. The molecule has 1 aromatic rings. The Hall–Kier alpha value is -1.04. The first-order chi connectivity index (χ1) is 7.22. The van der Waals surface area contributed by atoms with E-state index in [9.17, 15) is 4.79 Å². The second-order valence-corrected chi connectivity index (χ2v) is 3.99. The van der Waals surface area contributed by atoms with Gasteiger partial charge in [0.25, 0.3) is 0 Å². The molecule has 0 radical (unpaired) electrons. The lowest BCUT2D eigenvalue weighted by Gasteiger charge is -1.93. The van der Waals surface area contributed by atoms with Crippen molar-refractivity contribution >= 4 is 17.7 Å². The number of hydrogen-bond donors (Lipinski definition) is 1. The number of hydrogen-bond acceptors (Lipinski definition) is 5. The molecule has 0 saturated carbocycles. The van der Waals surface area contributed by atoms with Crippen LogP contribution in [-0.2, 0) is 17.0 Å². The number of thioether (sulfide) groups is 1. The SMILES string of the molecule is CSCc1nnc(CCCCC(=O)O)o1. The maximum Gasteiger partial charge on any atom is 0.303 e. The summed E-state index contributed by atoms with van der Waals surface area (Å²) >= 11 is 1.63. The molecule has 0 aliphatic rings. The quantitative estimate of drug-likeness (QED) is 0.719. The Morgan fingerprint density at radius 1 is 1.40 bits per heavy atom. The summed E-state index contributed by atoms with van der Waals surface area (Å²) in [5.41, 5.74) is 0. The van der Waals surface area contributed by atoms with Crippen molar-refractivity contribution < 1.29 is 14.3 Å². The predicted molar refractivity (Wildman–Crippen MR) is 56.7 cm³/mol. The molecule has 1 N–H and O–H groups in total. The van der Waals surface area contributed by atoms with E-state index in [0.717, 1.165) is 12.2 Å². The molecule has 6 heteroatoms. The minimum absolute atomic E-state index is 0.200. The number of aliphatic carboxylic acids is 1. The molecule has 1 heterocycles. The van der Waals surface area contributed by atoms with E-state index in [1.165, 1.54) is 0 Å². The fraction of sp³-hybridized carbons (Fsp3) is 0.667. The zero-order valence-electron chi connectivity index (χ0n) is 8.60. The summed E-state index contributed by atoms with van der Waals surface area (Å²) in [6, 6.07) is 0. The van der Waals surface area contributed by atoms with Crippen LogP contribution in [0, 0.1) is 0 Å². The van der Waals surface area contributed by atoms with Gasteiger partial charge >= 0.3 is 5.97 Å². The van der Waals surface area contributed by atoms with Gasteiger partial charge in [-0.1, -0.05) is 0 Å². The fourth-order valence-corrected chi connectivity index (χ4v) is 1.49. The molecule has 0 spiro atoms. The second kappa shape index (κ2) is 6.44. The van der Waals surface area contributed by atoms with Crippen molar-refractivity contribution in [2.75, 3.05) is 6.26 Å². The lowest BCUT2D eigenvalue weighted by molar-refractivity contribution is -0.137. The van der Waals surface area contributed by atoms with Gasteiger partial charge < -0.3 is 9.52 Å². The van der Waals surface area contributed by atoms with Gasteiger partial charge in [-0.3, -0.25) is 4.79 Å². The van der Waals surface area contributed by atoms with Crippen molar-refractivity contribution in [1.29, 1.82) is 0 Å². The first-order valence-corrected chi connectivity index (χ1v) is 6.13. The Kier molecular flexibility index (Phi) is 5.17. The molecule has 0 saturated heterocycles. The highest BCUT2D eigenvalue weighted by molar-refractivity contribution is 7.97. The van der Waals surface area contributed by atoms with Crippen LogP contribution in [0.4, 0.5) is 0 Å². The third-order valence-electron chi connectivity index (χ3n) is 1.81. The number of carboxylic acids is 1. The van der Waals surface area contributed by atoms with Crippen molar-refractivity contribution in [3.05, 3.63) is 11.8 Å². The molecule has 0 fully saturated rings. The van der Waals surface area contributed by atoms with Crippen molar-refractivity contribution in [1.82, 2.24) is 10.2 Å². The van der Waals surface area contributed by atoms with Crippen molar-refractivity contribution in [3.63, 3.8) is 0 Å². The number of unbranched alkanes of at least 4 members (excludes halogenated alkanes) is 1. The molecular formula is C9H14N2O3S. The predicted octanol–water partition coefficient (Wildman–Crippen LogP) is 1.73. The van der Waals surface area contributed by atoms with Crippen LogP contribution in [0.25, 0.3) is 0 Å². The van der Waals surface area contributed by atoms with Crippen LogP contribution in [0.2, 0.25) is 0 Å². The topological polar surface area (TPSA) is 76.2 Å². The van der Waals surface area contributed by atoms with Crippen molar-refractivity contribution in [2.24, 2.45) is 0 Å². The van der Waals surface area contributed by atoms with E-state index >= 15 is 0 Å². The molecule has 0 amide bonds. The average Bonchev–Trinajstić information content (AvgIpc) is 2.61. The molecule has 0 bridgehead atoms. The Morgan fingerprint density at radius 2 is 2.13 bits per heavy atom. The van der Waals surface area contributed by atoms with Gasteiger partial charge in [0, 0.05) is 12.8 Å². The average molecular weight is 230 g/mol. The number of rotatable bonds is 7. The standard InChI is InChI=1S/C9H14N2O3S/c1-15-6-8-11-10-7(14-8)4-2-3-5-9(12)13/h2-6H2,1H3,(H,12,13). The van der Waals surface area contributed by atoms with Gasteiger partial charge in [-0.25, -0.2) is 0 Å². The highest BCUT2D eigenvalue weighted by Crippen LogP contribution is 2.10. The molecular weight excluding hydrogens is 216 g/mol. The minimum atomic E-state index is -0.761. The number of carboxylic acid groups (broad SMARTS) is 1. The largest absolute Gasteiger partial charge is 0.481 e. The number of nitrogens with zero attached hydrogens (tertiary/aromatic N) is 2. The summed E-state index contributed by atoms with van der Waals surface area (Å²) in [5, 5.41) is 16.2. The highest BCUT2D eigenvalue weighted by atomic mass is 32.2. The van der Waals surface area contributed by atoms with E-state index in [0.29, 0.717) is 24.6 Å².